The van der Waals surface area contributed by atoms with Gasteiger partial charge in [-0.15, -0.1) is 10.2 Å². The van der Waals surface area contributed by atoms with Crippen LogP contribution in [0.1, 0.15) is 35.0 Å². The molecule has 3 rings (SSSR count). The number of amides is 1. The Labute approximate surface area is 121 Å². The molecular weight excluding hydrogens is 274 g/mol. The van der Waals surface area contributed by atoms with Crippen LogP contribution in [0.25, 0.3) is 0 Å². The van der Waals surface area contributed by atoms with Gasteiger partial charge in [0.2, 0.25) is 5.76 Å². The summed E-state index contributed by atoms with van der Waals surface area (Å²) in [5.74, 6) is 1.78. The van der Waals surface area contributed by atoms with Crippen molar-refractivity contribution in [3.8, 4) is 0 Å². The van der Waals surface area contributed by atoms with Gasteiger partial charge in [-0.25, -0.2) is 4.98 Å². The normalized spacial score (nSPS) is 18.0. The summed E-state index contributed by atoms with van der Waals surface area (Å²) in [7, 11) is 1.64. The van der Waals surface area contributed by atoms with E-state index in [1.54, 1.807) is 7.11 Å². The van der Waals surface area contributed by atoms with Crippen LogP contribution in [0.2, 0.25) is 0 Å². The monoisotopic (exact) mass is 291 g/mol. The summed E-state index contributed by atoms with van der Waals surface area (Å²) in [6.07, 6.45) is 5.09. The molecule has 0 radical (unpaired) electrons. The SMILES string of the molecule is COCc1nnc2n1CCC(NC(=O)c1cnco1)CC2. The van der Waals surface area contributed by atoms with E-state index >= 15 is 0 Å². The van der Waals surface area contributed by atoms with Crippen LogP contribution < -0.4 is 5.32 Å². The minimum atomic E-state index is -0.229. The number of aryl methyl sites for hydroxylation is 1. The Morgan fingerprint density at radius 1 is 1.52 bits per heavy atom. The van der Waals surface area contributed by atoms with Crippen molar-refractivity contribution in [3.05, 3.63) is 30.0 Å². The predicted molar refractivity (Wildman–Crippen MR) is 71.4 cm³/mol. The van der Waals surface area contributed by atoms with Crippen LogP contribution in [0.4, 0.5) is 0 Å². The summed E-state index contributed by atoms with van der Waals surface area (Å²) < 4.78 is 12.2. The Balaban J connectivity index is 1.63. The Bertz CT molecular complexity index is 607. The van der Waals surface area contributed by atoms with E-state index in [-0.39, 0.29) is 17.7 Å². The maximum atomic E-state index is 12.0. The number of carbonyl (C=O) groups is 1. The third kappa shape index (κ3) is 2.94. The fraction of sp³-hybridized carbons (Fsp3) is 0.538. The van der Waals surface area contributed by atoms with Gasteiger partial charge in [0.15, 0.2) is 12.2 Å². The molecule has 0 saturated carbocycles. The number of methoxy groups -OCH3 is 1. The Morgan fingerprint density at radius 2 is 2.43 bits per heavy atom. The number of fused-ring (bicyclic) bond motifs is 1. The summed E-state index contributed by atoms with van der Waals surface area (Å²) in [6.45, 7) is 1.21. The second-order valence-corrected chi connectivity index (χ2v) is 4.98. The Hall–Kier alpha value is -2.22. The standard InChI is InChI=1S/C13H17N5O3/c1-20-7-12-17-16-11-3-2-9(4-5-18(11)12)15-13(19)10-6-14-8-21-10/h6,8-9H,2-5,7H2,1H3,(H,15,19). The van der Waals surface area contributed by atoms with E-state index in [2.05, 4.69) is 25.1 Å². The van der Waals surface area contributed by atoms with Crippen molar-refractivity contribution in [3.63, 3.8) is 0 Å². The summed E-state index contributed by atoms with van der Waals surface area (Å²) in [5, 5.41) is 11.3. The highest BCUT2D eigenvalue weighted by Gasteiger charge is 2.22. The molecule has 8 nitrogen and oxygen atoms in total. The fourth-order valence-electron chi connectivity index (χ4n) is 2.51. The molecule has 0 spiro atoms. The number of aromatic nitrogens is 4. The molecule has 3 heterocycles. The quantitative estimate of drug-likeness (QED) is 0.883. The van der Waals surface area contributed by atoms with Gasteiger partial charge in [-0.1, -0.05) is 0 Å². The van der Waals surface area contributed by atoms with Crippen LogP contribution in [-0.2, 0) is 24.3 Å². The van der Waals surface area contributed by atoms with Crippen LogP contribution in [-0.4, -0.2) is 38.8 Å². The highest BCUT2D eigenvalue weighted by molar-refractivity contribution is 5.91. The number of nitrogens with zero attached hydrogens (tertiary/aromatic N) is 4. The maximum Gasteiger partial charge on any atom is 0.288 e. The lowest BCUT2D eigenvalue weighted by molar-refractivity contribution is 0.0904. The van der Waals surface area contributed by atoms with E-state index in [9.17, 15) is 4.79 Å². The molecule has 1 amide bonds. The highest BCUT2D eigenvalue weighted by Crippen LogP contribution is 2.16. The number of hydrogen-bond donors (Lipinski definition) is 1. The molecule has 0 saturated heterocycles. The van der Waals surface area contributed by atoms with Gasteiger partial charge in [0.25, 0.3) is 5.91 Å². The molecular formula is C13H17N5O3. The molecule has 2 aromatic rings. The molecule has 21 heavy (non-hydrogen) atoms. The number of hydrogen-bond acceptors (Lipinski definition) is 6. The second-order valence-electron chi connectivity index (χ2n) is 4.98. The van der Waals surface area contributed by atoms with E-state index < -0.39 is 0 Å². The van der Waals surface area contributed by atoms with Crippen LogP contribution in [0.5, 0.6) is 0 Å². The van der Waals surface area contributed by atoms with Crippen molar-refractivity contribution in [2.24, 2.45) is 0 Å². The van der Waals surface area contributed by atoms with Crippen molar-refractivity contribution in [1.82, 2.24) is 25.1 Å². The van der Waals surface area contributed by atoms with Gasteiger partial charge < -0.3 is 19.0 Å². The molecule has 1 N–H and O–H groups in total. The molecule has 1 atom stereocenters. The van der Waals surface area contributed by atoms with Crippen molar-refractivity contribution in [2.75, 3.05) is 7.11 Å². The number of oxazole rings is 1. The molecule has 1 aliphatic heterocycles. The molecule has 2 aromatic heterocycles. The average molecular weight is 291 g/mol. The van der Waals surface area contributed by atoms with E-state index in [4.69, 9.17) is 9.15 Å². The predicted octanol–water partition coefficient (Wildman–Crippen LogP) is 0.547. The third-order valence-electron chi connectivity index (χ3n) is 3.59. The number of nitrogens with one attached hydrogen (secondary N) is 1. The third-order valence-corrected chi connectivity index (χ3v) is 3.59. The molecule has 1 unspecified atom stereocenters. The fourth-order valence-corrected chi connectivity index (χ4v) is 2.51. The minimum Gasteiger partial charge on any atom is -0.438 e. The Kier molecular flexibility index (Phi) is 3.96. The first kappa shape index (κ1) is 13.7. The first-order valence-corrected chi connectivity index (χ1v) is 6.87. The van der Waals surface area contributed by atoms with Crippen LogP contribution in [0.3, 0.4) is 0 Å². The summed E-state index contributed by atoms with van der Waals surface area (Å²) >= 11 is 0. The van der Waals surface area contributed by atoms with Crippen molar-refractivity contribution in [2.45, 2.75) is 38.5 Å². The summed E-state index contributed by atoms with van der Waals surface area (Å²) in [5.41, 5.74) is 0. The van der Waals surface area contributed by atoms with Gasteiger partial charge in [0.05, 0.1) is 6.20 Å². The summed E-state index contributed by atoms with van der Waals surface area (Å²) in [6, 6.07) is 0.0831. The molecule has 0 aliphatic carbocycles. The van der Waals surface area contributed by atoms with Crippen molar-refractivity contribution in [1.29, 1.82) is 0 Å². The van der Waals surface area contributed by atoms with Crippen LogP contribution in [0, 0.1) is 0 Å². The zero-order valence-electron chi connectivity index (χ0n) is 11.8. The number of ether oxygens (including phenoxy) is 1. The highest BCUT2D eigenvalue weighted by atomic mass is 16.5. The lowest BCUT2D eigenvalue weighted by Gasteiger charge is -2.15. The van der Waals surface area contributed by atoms with Gasteiger partial charge in [-0.05, 0) is 12.8 Å². The lowest BCUT2D eigenvalue weighted by Crippen LogP contribution is -2.35. The molecule has 0 aromatic carbocycles. The number of rotatable bonds is 4. The second kappa shape index (κ2) is 6.04. The van der Waals surface area contributed by atoms with Gasteiger partial charge in [0.1, 0.15) is 12.4 Å². The van der Waals surface area contributed by atoms with Gasteiger partial charge in [-0.2, -0.15) is 0 Å². The number of carbonyl (C=O) groups excluding carboxylic acids is 1. The summed E-state index contributed by atoms with van der Waals surface area (Å²) in [4.78, 5) is 15.7. The topological polar surface area (TPSA) is 95.1 Å². The van der Waals surface area contributed by atoms with Crippen LogP contribution in [0.15, 0.2) is 17.0 Å². The molecule has 112 valence electrons. The zero-order valence-corrected chi connectivity index (χ0v) is 11.8. The van der Waals surface area contributed by atoms with Gasteiger partial charge in [-0.3, -0.25) is 4.79 Å². The molecule has 1 aliphatic rings. The van der Waals surface area contributed by atoms with Crippen molar-refractivity contribution < 1.29 is 13.9 Å². The van der Waals surface area contributed by atoms with Gasteiger partial charge in [0, 0.05) is 26.1 Å². The lowest BCUT2D eigenvalue weighted by atomic mass is 10.1. The van der Waals surface area contributed by atoms with Crippen molar-refractivity contribution >= 4 is 5.91 Å². The molecule has 0 bridgehead atoms. The average Bonchev–Trinajstić information content (AvgIpc) is 3.09. The minimum absolute atomic E-state index is 0.0831. The Morgan fingerprint density at radius 3 is 3.19 bits per heavy atom. The smallest absolute Gasteiger partial charge is 0.288 e. The largest absolute Gasteiger partial charge is 0.438 e. The van der Waals surface area contributed by atoms with Crippen LogP contribution >= 0.6 is 0 Å². The molecule has 8 heteroatoms. The van der Waals surface area contributed by atoms with E-state index in [0.717, 1.165) is 37.5 Å². The first-order valence-electron chi connectivity index (χ1n) is 6.87. The maximum absolute atomic E-state index is 12.0. The van der Waals surface area contributed by atoms with E-state index in [0.29, 0.717) is 6.61 Å². The van der Waals surface area contributed by atoms with Gasteiger partial charge >= 0.3 is 0 Å². The van der Waals surface area contributed by atoms with E-state index in [1.165, 1.54) is 12.6 Å². The first-order chi connectivity index (χ1) is 10.3. The van der Waals surface area contributed by atoms with E-state index in [1.807, 2.05) is 0 Å². The zero-order chi connectivity index (χ0) is 14.7. The molecule has 0 fully saturated rings.